The highest BCUT2D eigenvalue weighted by molar-refractivity contribution is 8.00. The van der Waals surface area contributed by atoms with Crippen molar-refractivity contribution in [1.82, 2.24) is 4.31 Å². The maximum Gasteiger partial charge on any atom is 0.244 e. The van der Waals surface area contributed by atoms with Crippen LogP contribution in [0, 0.1) is 0 Å². The number of hydrogen-bond acceptors (Lipinski definition) is 6. The third-order valence-corrected chi connectivity index (χ3v) is 8.02. The number of carbonyl (C=O) groups is 1. The first kappa shape index (κ1) is 22.9. The fraction of sp³-hybridized carbons (Fsp3) is 0.350. The Hall–Kier alpha value is -1.78. The highest BCUT2D eigenvalue weighted by atomic mass is 35.5. The zero-order chi connectivity index (χ0) is 21.7. The molecule has 1 unspecified atom stereocenters. The van der Waals surface area contributed by atoms with Crippen molar-refractivity contribution in [3.63, 3.8) is 0 Å². The van der Waals surface area contributed by atoms with Crippen LogP contribution in [0.25, 0.3) is 0 Å². The lowest BCUT2D eigenvalue weighted by atomic mass is 10.3. The van der Waals surface area contributed by atoms with Gasteiger partial charge in [0.2, 0.25) is 15.9 Å². The van der Waals surface area contributed by atoms with E-state index < -0.39 is 15.3 Å². The quantitative estimate of drug-likeness (QED) is 0.623. The second-order valence-corrected chi connectivity index (χ2v) is 10.3. The molecule has 7 nitrogen and oxygen atoms in total. The number of rotatable bonds is 7. The van der Waals surface area contributed by atoms with Gasteiger partial charge >= 0.3 is 0 Å². The Bertz CT molecular complexity index is 993. The molecular formula is C20H23ClN2O5S2. The molecule has 10 heteroatoms. The monoisotopic (exact) mass is 470 g/mol. The minimum Gasteiger partial charge on any atom is -0.497 e. The van der Waals surface area contributed by atoms with E-state index in [0.29, 0.717) is 18.9 Å². The number of hydrogen-bond donors (Lipinski definition) is 1. The lowest BCUT2D eigenvalue weighted by Gasteiger charge is -2.26. The van der Waals surface area contributed by atoms with E-state index in [2.05, 4.69) is 5.32 Å². The molecule has 0 aliphatic carbocycles. The third-order valence-electron chi connectivity index (χ3n) is 4.53. The molecule has 1 fully saturated rings. The number of thioether (sulfide) groups is 1. The summed E-state index contributed by atoms with van der Waals surface area (Å²) in [5, 5.41) is 2.49. The Labute approximate surface area is 185 Å². The van der Waals surface area contributed by atoms with Crippen LogP contribution < -0.4 is 10.1 Å². The summed E-state index contributed by atoms with van der Waals surface area (Å²) in [7, 11) is -2.18. The Morgan fingerprint density at radius 1 is 1.20 bits per heavy atom. The van der Waals surface area contributed by atoms with Gasteiger partial charge in [-0.15, -0.1) is 11.8 Å². The van der Waals surface area contributed by atoms with Crippen LogP contribution in [-0.4, -0.2) is 57.3 Å². The summed E-state index contributed by atoms with van der Waals surface area (Å²) in [5.74, 6) is 0.500. The summed E-state index contributed by atoms with van der Waals surface area (Å²) < 4.78 is 37.6. The molecule has 1 N–H and O–H groups in total. The van der Waals surface area contributed by atoms with Crippen LogP contribution >= 0.6 is 23.4 Å². The molecule has 0 spiro atoms. The average Bonchev–Trinajstić information content (AvgIpc) is 2.76. The third kappa shape index (κ3) is 5.47. The molecule has 3 rings (SSSR count). The normalized spacial score (nSPS) is 16.1. The molecular weight excluding hydrogens is 448 g/mol. The van der Waals surface area contributed by atoms with E-state index in [4.69, 9.17) is 21.1 Å². The molecule has 30 heavy (non-hydrogen) atoms. The van der Waals surface area contributed by atoms with Crippen molar-refractivity contribution >= 4 is 45.0 Å². The summed E-state index contributed by atoms with van der Waals surface area (Å²) in [6.07, 6.45) is 0. The van der Waals surface area contributed by atoms with Crippen molar-refractivity contribution in [2.75, 3.05) is 38.7 Å². The Morgan fingerprint density at radius 2 is 1.87 bits per heavy atom. The van der Waals surface area contributed by atoms with Crippen LogP contribution in [0.2, 0.25) is 5.02 Å². The second-order valence-electron chi connectivity index (χ2n) is 6.59. The molecule has 1 aliphatic heterocycles. The molecule has 0 bridgehead atoms. The van der Waals surface area contributed by atoms with Crippen LogP contribution in [0.4, 0.5) is 5.69 Å². The van der Waals surface area contributed by atoms with Crippen molar-refractivity contribution in [3.8, 4) is 5.75 Å². The largest absolute Gasteiger partial charge is 0.497 e. The molecule has 0 radical (unpaired) electrons. The van der Waals surface area contributed by atoms with E-state index in [-0.39, 0.29) is 28.9 Å². The number of benzene rings is 2. The highest BCUT2D eigenvalue weighted by Gasteiger charge is 2.29. The second kappa shape index (κ2) is 10.0. The lowest BCUT2D eigenvalue weighted by Crippen LogP contribution is -2.40. The van der Waals surface area contributed by atoms with Crippen LogP contribution in [0.5, 0.6) is 5.75 Å². The minimum absolute atomic E-state index is 0.0284. The summed E-state index contributed by atoms with van der Waals surface area (Å²) >= 11 is 7.56. The van der Waals surface area contributed by atoms with E-state index in [1.165, 1.54) is 28.2 Å². The number of amides is 1. The van der Waals surface area contributed by atoms with Crippen LogP contribution in [-0.2, 0) is 19.6 Å². The van der Waals surface area contributed by atoms with Crippen molar-refractivity contribution < 1.29 is 22.7 Å². The lowest BCUT2D eigenvalue weighted by molar-refractivity contribution is -0.115. The zero-order valence-electron chi connectivity index (χ0n) is 16.6. The maximum absolute atomic E-state index is 12.9. The fourth-order valence-corrected chi connectivity index (χ4v) is 5.64. The van der Waals surface area contributed by atoms with Gasteiger partial charge in [-0.25, -0.2) is 8.42 Å². The predicted octanol–water partition coefficient (Wildman–Crippen LogP) is 3.49. The Balaban J connectivity index is 1.71. The molecule has 1 amide bonds. The minimum atomic E-state index is -3.77. The standard InChI is InChI=1S/C20H23ClN2O5S2/c1-14(29-17-6-4-16(27-2)5-7-17)20(24)22-15-3-8-18(21)19(13-15)30(25,26)23-9-11-28-12-10-23/h3-8,13-14H,9-12H2,1-2H3,(H,22,24). The number of morpholine rings is 1. The van der Waals surface area contributed by atoms with Gasteiger partial charge < -0.3 is 14.8 Å². The smallest absolute Gasteiger partial charge is 0.244 e. The van der Waals surface area contributed by atoms with Gasteiger partial charge in [-0.3, -0.25) is 4.79 Å². The Morgan fingerprint density at radius 3 is 2.50 bits per heavy atom. The first-order valence-electron chi connectivity index (χ1n) is 9.30. The summed E-state index contributed by atoms with van der Waals surface area (Å²) in [6, 6.07) is 11.9. The highest BCUT2D eigenvalue weighted by Crippen LogP contribution is 2.30. The van der Waals surface area contributed by atoms with E-state index in [9.17, 15) is 13.2 Å². The van der Waals surface area contributed by atoms with Crippen molar-refractivity contribution in [2.24, 2.45) is 0 Å². The van der Waals surface area contributed by atoms with E-state index >= 15 is 0 Å². The summed E-state index contributed by atoms with van der Waals surface area (Å²) in [6.45, 7) is 3.00. The van der Waals surface area contributed by atoms with Gasteiger partial charge in [-0.05, 0) is 49.4 Å². The molecule has 1 aliphatic rings. The number of sulfonamides is 1. The van der Waals surface area contributed by atoms with Crippen molar-refractivity contribution in [3.05, 3.63) is 47.5 Å². The summed E-state index contributed by atoms with van der Waals surface area (Å²) in [5.41, 5.74) is 0.374. The van der Waals surface area contributed by atoms with Gasteiger partial charge in [0.1, 0.15) is 10.6 Å². The molecule has 0 aromatic heterocycles. The first-order valence-corrected chi connectivity index (χ1v) is 12.0. The van der Waals surface area contributed by atoms with Gasteiger partial charge in [-0.1, -0.05) is 11.6 Å². The molecule has 1 heterocycles. The number of nitrogens with one attached hydrogen (secondary N) is 1. The molecule has 1 atom stereocenters. The number of ether oxygens (including phenoxy) is 2. The maximum atomic E-state index is 12.9. The first-order chi connectivity index (χ1) is 14.3. The van der Waals surface area contributed by atoms with E-state index in [0.717, 1.165) is 10.6 Å². The number of methoxy groups -OCH3 is 1. The van der Waals surface area contributed by atoms with E-state index in [1.807, 2.05) is 24.3 Å². The van der Waals surface area contributed by atoms with Gasteiger partial charge in [-0.2, -0.15) is 4.31 Å². The molecule has 1 saturated heterocycles. The van der Waals surface area contributed by atoms with Crippen LogP contribution in [0.15, 0.2) is 52.3 Å². The molecule has 2 aromatic rings. The molecule has 0 saturated carbocycles. The number of carbonyl (C=O) groups excluding carboxylic acids is 1. The fourth-order valence-electron chi connectivity index (χ4n) is 2.86. The number of anilines is 1. The van der Waals surface area contributed by atoms with Crippen LogP contribution in [0.3, 0.4) is 0 Å². The van der Waals surface area contributed by atoms with E-state index in [1.54, 1.807) is 20.1 Å². The number of halogens is 1. The van der Waals surface area contributed by atoms with Gasteiger partial charge in [0.25, 0.3) is 0 Å². The van der Waals surface area contributed by atoms with Crippen molar-refractivity contribution in [1.29, 1.82) is 0 Å². The van der Waals surface area contributed by atoms with Gasteiger partial charge in [0, 0.05) is 23.7 Å². The Kier molecular flexibility index (Phi) is 7.65. The molecule has 162 valence electrons. The average molecular weight is 471 g/mol. The molecule has 2 aromatic carbocycles. The van der Waals surface area contributed by atoms with Gasteiger partial charge in [0.15, 0.2) is 0 Å². The SMILES string of the molecule is COc1ccc(SC(C)C(=O)Nc2ccc(Cl)c(S(=O)(=O)N3CCOCC3)c2)cc1. The van der Waals surface area contributed by atoms with Crippen molar-refractivity contribution in [2.45, 2.75) is 22.0 Å². The topological polar surface area (TPSA) is 84.9 Å². The predicted molar refractivity (Wildman–Crippen MR) is 118 cm³/mol. The van der Waals surface area contributed by atoms with Crippen LogP contribution in [0.1, 0.15) is 6.92 Å². The number of nitrogens with zero attached hydrogens (tertiary/aromatic N) is 1. The summed E-state index contributed by atoms with van der Waals surface area (Å²) in [4.78, 5) is 13.5. The van der Waals surface area contributed by atoms with Gasteiger partial charge in [0.05, 0.1) is 30.6 Å². The zero-order valence-corrected chi connectivity index (χ0v) is 19.0.